The molecule has 0 aliphatic heterocycles. The van der Waals surface area contributed by atoms with Gasteiger partial charge >= 0.3 is 0 Å². The van der Waals surface area contributed by atoms with Gasteiger partial charge in [-0.25, -0.2) is 0 Å². The van der Waals surface area contributed by atoms with Gasteiger partial charge in [-0.3, -0.25) is 0 Å². The first-order chi connectivity index (χ1) is 4.34. The van der Waals surface area contributed by atoms with Crippen LogP contribution in [0.2, 0.25) is 0 Å². The monoisotopic (exact) mass is 157 g/mol. The van der Waals surface area contributed by atoms with Gasteiger partial charge in [0.05, 0.1) is 0 Å². The van der Waals surface area contributed by atoms with E-state index in [4.69, 9.17) is 0 Å². The molecule has 0 amide bonds. The summed E-state index contributed by atoms with van der Waals surface area (Å²) >= 11 is 0. The molecule has 0 aromatic carbocycles. The van der Waals surface area contributed by atoms with Crippen molar-refractivity contribution in [3.8, 4) is 0 Å². The summed E-state index contributed by atoms with van der Waals surface area (Å²) < 4.78 is 0. The van der Waals surface area contributed by atoms with E-state index in [0.717, 1.165) is 6.42 Å². The maximum absolute atomic E-state index is 3.66. The standard InChI is InChI=1S/C8H11N.ClH/c1-3-4-8-5-6-9-7(8)2;/h3,5-6,9H,1,4H2,2H3;1H. The molecule has 1 nitrogen and oxygen atoms in total. The van der Waals surface area contributed by atoms with Crippen molar-refractivity contribution in [2.24, 2.45) is 0 Å². The maximum atomic E-state index is 3.66. The van der Waals surface area contributed by atoms with Crippen molar-refractivity contribution in [1.29, 1.82) is 0 Å². The SMILES string of the molecule is C=CCc1cc[nH]c1C.Cl. The highest BCUT2D eigenvalue weighted by atomic mass is 35.5. The van der Waals surface area contributed by atoms with Gasteiger partial charge in [0, 0.05) is 11.9 Å². The Kier molecular flexibility index (Phi) is 3.89. The molecule has 0 saturated heterocycles. The van der Waals surface area contributed by atoms with Gasteiger partial charge in [0.2, 0.25) is 0 Å². The van der Waals surface area contributed by atoms with Crippen LogP contribution >= 0.6 is 12.4 Å². The molecule has 0 fully saturated rings. The highest BCUT2D eigenvalue weighted by Crippen LogP contribution is 2.04. The molecular weight excluding hydrogens is 146 g/mol. The first kappa shape index (κ1) is 9.31. The van der Waals surface area contributed by atoms with Crippen molar-refractivity contribution in [3.05, 3.63) is 36.2 Å². The Morgan fingerprint density at radius 2 is 2.40 bits per heavy atom. The molecule has 1 aromatic heterocycles. The Labute approximate surface area is 67.6 Å². The van der Waals surface area contributed by atoms with E-state index in [-0.39, 0.29) is 12.4 Å². The zero-order valence-electron chi connectivity index (χ0n) is 6.05. The number of allylic oxidation sites excluding steroid dienone is 1. The second kappa shape index (κ2) is 4.18. The van der Waals surface area contributed by atoms with E-state index in [0.29, 0.717) is 0 Å². The molecule has 1 N–H and O–H groups in total. The normalized spacial score (nSPS) is 8.50. The summed E-state index contributed by atoms with van der Waals surface area (Å²) in [6.07, 6.45) is 4.83. The van der Waals surface area contributed by atoms with E-state index in [1.165, 1.54) is 11.3 Å². The van der Waals surface area contributed by atoms with Crippen LogP contribution in [0.3, 0.4) is 0 Å². The Morgan fingerprint density at radius 3 is 2.80 bits per heavy atom. The third-order valence-electron chi connectivity index (χ3n) is 1.43. The molecule has 1 heterocycles. The fraction of sp³-hybridized carbons (Fsp3) is 0.250. The van der Waals surface area contributed by atoms with Crippen LogP contribution in [-0.2, 0) is 6.42 Å². The molecule has 10 heavy (non-hydrogen) atoms. The van der Waals surface area contributed by atoms with Crippen LogP contribution in [0.15, 0.2) is 24.9 Å². The zero-order chi connectivity index (χ0) is 6.69. The Morgan fingerprint density at radius 1 is 1.70 bits per heavy atom. The van der Waals surface area contributed by atoms with Crippen LogP contribution in [0, 0.1) is 6.92 Å². The molecule has 0 aliphatic rings. The molecule has 0 unspecified atom stereocenters. The van der Waals surface area contributed by atoms with Crippen LogP contribution in [0.25, 0.3) is 0 Å². The third kappa shape index (κ3) is 1.92. The number of rotatable bonds is 2. The fourth-order valence-electron chi connectivity index (χ4n) is 0.862. The lowest BCUT2D eigenvalue weighted by molar-refractivity contribution is 1.18. The molecule has 0 spiro atoms. The smallest absolute Gasteiger partial charge is 0.0151 e. The maximum Gasteiger partial charge on any atom is 0.0151 e. The van der Waals surface area contributed by atoms with Gasteiger partial charge in [0.15, 0.2) is 0 Å². The molecule has 0 radical (unpaired) electrons. The molecule has 1 aromatic rings. The van der Waals surface area contributed by atoms with Crippen LogP contribution in [0.1, 0.15) is 11.3 Å². The molecule has 1 rings (SSSR count). The van der Waals surface area contributed by atoms with Gasteiger partial charge in [-0.1, -0.05) is 6.08 Å². The Balaban J connectivity index is 0.000000810. The Hall–Kier alpha value is -0.690. The summed E-state index contributed by atoms with van der Waals surface area (Å²) in [6.45, 7) is 5.73. The number of hydrogen-bond acceptors (Lipinski definition) is 0. The second-order valence-corrected chi connectivity index (χ2v) is 2.12. The quantitative estimate of drug-likeness (QED) is 0.635. The van der Waals surface area contributed by atoms with Crippen molar-refractivity contribution >= 4 is 12.4 Å². The van der Waals surface area contributed by atoms with Gasteiger partial charge in [-0.2, -0.15) is 0 Å². The fourth-order valence-corrected chi connectivity index (χ4v) is 0.862. The van der Waals surface area contributed by atoms with E-state index >= 15 is 0 Å². The van der Waals surface area contributed by atoms with E-state index in [1.807, 2.05) is 12.3 Å². The molecule has 2 heteroatoms. The minimum Gasteiger partial charge on any atom is -0.365 e. The van der Waals surface area contributed by atoms with Crippen molar-refractivity contribution in [3.63, 3.8) is 0 Å². The number of aryl methyl sites for hydroxylation is 1. The number of halogens is 1. The van der Waals surface area contributed by atoms with Gasteiger partial charge in [-0.15, -0.1) is 19.0 Å². The van der Waals surface area contributed by atoms with Crippen LogP contribution in [0.4, 0.5) is 0 Å². The largest absolute Gasteiger partial charge is 0.365 e. The number of nitrogens with one attached hydrogen (secondary N) is 1. The molecule has 0 saturated carbocycles. The summed E-state index contributed by atoms with van der Waals surface area (Å²) in [6, 6.07) is 2.08. The van der Waals surface area contributed by atoms with E-state index in [9.17, 15) is 0 Å². The first-order valence-electron chi connectivity index (χ1n) is 3.08. The average molecular weight is 158 g/mol. The topological polar surface area (TPSA) is 15.8 Å². The second-order valence-electron chi connectivity index (χ2n) is 2.12. The van der Waals surface area contributed by atoms with Gasteiger partial charge in [-0.05, 0) is 25.0 Å². The van der Waals surface area contributed by atoms with Crippen LogP contribution in [-0.4, -0.2) is 4.98 Å². The minimum atomic E-state index is 0. The van der Waals surface area contributed by atoms with Gasteiger partial charge in [0.25, 0.3) is 0 Å². The Bertz CT molecular complexity index is 203. The number of aromatic amines is 1. The average Bonchev–Trinajstić information content (AvgIpc) is 2.18. The first-order valence-corrected chi connectivity index (χ1v) is 3.08. The predicted octanol–water partition coefficient (Wildman–Crippen LogP) is 2.47. The van der Waals surface area contributed by atoms with Crippen molar-refractivity contribution in [2.45, 2.75) is 13.3 Å². The highest BCUT2D eigenvalue weighted by Gasteiger charge is 1.92. The zero-order valence-corrected chi connectivity index (χ0v) is 6.87. The summed E-state index contributed by atoms with van der Waals surface area (Å²) in [7, 11) is 0. The van der Waals surface area contributed by atoms with E-state index in [2.05, 4.69) is 24.6 Å². The third-order valence-corrected chi connectivity index (χ3v) is 1.43. The molecular formula is C8H12ClN. The van der Waals surface area contributed by atoms with E-state index < -0.39 is 0 Å². The molecule has 0 aliphatic carbocycles. The lowest BCUT2D eigenvalue weighted by Gasteiger charge is -1.90. The molecule has 56 valence electrons. The van der Waals surface area contributed by atoms with Crippen LogP contribution < -0.4 is 0 Å². The number of H-pyrrole nitrogens is 1. The molecule has 0 atom stereocenters. The molecule has 0 bridgehead atoms. The number of hydrogen-bond donors (Lipinski definition) is 1. The lowest BCUT2D eigenvalue weighted by atomic mass is 10.2. The highest BCUT2D eigenvalue weighted by molar-refractivity contribution is 5.85. The summed E-state index contributed by atoms with van der Waals surface area (Å²) in [5, 5.41) is 0. The van der Waals surface area contributed by atoms with E-state index in [1.54, 1.807) is 0 Å². The number of aromatic nitrogens is 1. The van der Waals surface area contributed by atoms with Crippen LogP contribution in [0.5, 0.6) is 0 Å². The van der Waals surface area contributed by atoms with Gasteiger partial charge < -0.3 is 4.98 Å². The summed E-state index contributed by atoms with van der Waals surface area (Å²) in [5.74, 6) is 0. The summed E-state index contributed by atoms with van der Waals surface area (Å²) in [4.78, 5) is 3.11. The van der Waals surface area contributed by atoms with Crippen molar-refractivity contribution < 1.29 is 0 Å². The van der Waals surface area contributed by atoms with Crippen molar-refractivity contribution in [1.82, 2.24) is 4.98 Å². The van der Waals surface area contributed by atoms with Crippen molar-refractivity contribution in [2.75, 3.05) is 0 Å². The minimum absolute atomic E-state index is 0. The lowest BCUT2D eigenvalue weighted by Crippen LogP contribution is -1.79. The predicted molar refractivity (Wildman–Crippen MR) is 46.7 cm³/mol. The van der Waals surface area contributed by atoms with Gasteiger partial charge in [0.1, 0.15) is 0 Å². The summed E-state index contributed by atoms with van der Waals surface area (Å²) in [5.41, 5.74) is 2.58.